The van der Waals surface area contributed by atoms with E-state index in [4.69, 9.17) is 9.15 Å². The molecule has 0 bridgehead atoms. The van der Waals surface area contributed by atoms with E-state index in [2.05, 4.69) is 6.58 Å². The number of hydrogen-bond donors (Lipinski definition) is 0. The summed E-state index contributed by atoms with van der Waals surface area (Å²) in [5, 5.41) is 0.915. The summed E-state index contributed by atoms with van der Waals surface area (Å²) in [6.45, 7) is 9.43. The number of fused-ring (bicyclic) bond motifs is 1. The predicted molar refractivity (Wildman–Crippen MR) is 72.1 cm³/mol. The van der Waals surface area contributed by atoms with Crippen molar-refractivity contribution < 1.29 is 9.15 Å². The fraction of sp³-hybridized carbons (Fsp3) is 0.267. The van der Waals surface area contributed by atoms with Crippen LogP contribution in [0.2, 0.25) is 0 Å². The molecule has 3 heteroatoms. The Balaban J connectivity index is 2.51. The van der Waals surface area contributed by atoms with Crippen LogP contribution in [0.3, 0.4) is 0 Å². The Morgan fingerprint density at radius 1 is 1.33 bits per heavy atom. The van der Waals surface area contributed by atoms with Gasteiger partial charge in [-0.15, -0.1) is 0 Å². The number of rotatable bonds is 3. The Bertz CT molecular complexity index is 650. The van der Waals surface area contributed by atoms with Crippen molar-refractivity contribution in [3.05, 3.63) is 52.9 Å². The van der Waals surface area contributed by atoms with Crippen LogP contribution in [0.25, 0.3) is 11.0 Å². The zero-order valence-corrected chi connectivity index (χ0v) is 10.8. The third-order valence-electron chi connectivity index (χ3n) is 2.80. The van der Waals surface area contributed by atoms with Gasteiger partial charge in [-0.25, -0.2) is 4.79 Å². The van der Waals surface area contributed by atoms with E-state index >= 15 is 0 Å². The first-order valence-corrected chi connectivity index (χ1v) is 5.78. The molecule has 1 aromatic heterocycles. The molecule has 0 radical (unpaired) electrons. The van der Waals surface area contributed by atoms with E-state index in [0.717, 1.165) is 10.9 Å². The molecule has 0 aliphatic heterocycles. The molecule has 2 aromatic rings. The first kappa shape index (κ1) is 12.4. The van der Waals surface area contributed by atoms with Crippen molar-refractivity contribution >= 4 is 11.0 Å². The molecular formula is C15H16O3. The highest BCUT2D eigenvalue weighted by atomic mass is 16.5. The molecule has 3 nitrogen and oxygen atoms in total. The molecule has 94 valence electrons. The van der Waals surface area contributed by atoms with Crippen molar-refractivity contribution in [3.8, 4) is 5.75 Å². The van der Waals surface area contributed by atoms with Gasteiger partial charge in [-0.05, 0) is 44.5 Å². The summed E-state index contributed by atoms with van der Waals surface area (Å²) in [5.41, 5.74) is 0.630. The van der Waals surface area contributed by atoms with Crippen molar-refractivity contribution in [2.45, 2.75) is 26.4 Å². The summed E-state index contributed by atoms with van der Waals surface area (Å²) >= 11 is 0. The van der Waals surface area contributed by atoms with Crippen LogP contribution in [0.1, 0.15) is 19.4 Å². The largest absolute Gasteiger partial charge is 0.484 e. The topological polar surface area (TPSA) is 39.4 Å². The number of aryl methyl sites for hydroxylation is 1. The lowest BCUT2D eigenvalue weighted by Crippen LogP contribution is -2.24. The van der Waals surface area contributed by atoms with E-state index in [1.165, 1.54) is 6.07 Å². The maximum absolute atomic E-state index is 11.3. The fourth-order valence-electron chi connectivity index (χ4n) is 1.71. The van der Waals surface area contributed by atoms with Gasteiger partial charge in [-0.1, -0.05) is 6.58 Å². The minimum atomic E-state index is -0.461. The van der Waals surface area contributed by atoms with E-state index < -0.39 is 5.60 Å². The Morgan fingerprint density at radius 2 is 2.06 bits per heavy atom. The van der Waals surface area contributed by atoms with Crippen LogP contribution in [-0.2, 0) is 0 Å². The van der Waals surface area contributed by atoms with Crippen molar-refractivity contribution in [3.63, 3.8) is 0 Å². The van der Waals surface area contributed by atoms with Gasteiger partial charge in [0.1, 0.15) is 16.9 Å². The smallest absolute Gasteiger partial charge is 0.336 e. The highest BCUT2D eigenvalue weighted by Crippen LogP contribution is 2.25. The lowest BCUT2D eigenvalue weighted by molar-refractivity contribution is 0.162. The standard InChI is InChI=1S/C15H16O3/c1-5-15(3,4)18-11-6-7-12-10(2)8-14(16)17-13(12)9-11/h5-9H,1H2,2-4H3. The summed E-state index contributed by atoms with van der Waals surface area (Å²) in [4.78, 5) is 11.3. The lowest BCUT2D eigenvalue weighted by atomic mass is 10.1. The molecule has 0 atom stereocenters. The first-order chi connectivity index (χ1) is 8.41. The van der Waals surface area contributed by atoms with E-state index in [-0.39, 0.29) is 5.63 Å². The van der Waals surface area contributed by atoms with Crippen molar-refractivity contribution in [2.24, 2.45) is 0 Å². The Kier molecular flexibility index (Phi) is 2.99. The van der Waals surface area contributed by atoms with E-state index in [1.54, 1.807) is 12.1 Å². The van der Waals surface area contributed by atoms with Gasteiger partial charge >= 0.3 is 5.63 Å². The zero-order valence-electron chi connectivity index (χ0n) is 10.8. The van der Waals surface area contributed by atoms with Gasteiger partial charge in [0.15, 0.2) is 0 Å². The highest BCUT2D eigenvalue weighted by molar-refractivity contribution is 5.81. The van der Waals surface area contributed by atoms with Crippen LogP contribution in [0.5, 0.6) is 5.75 Å². The number of hydrogen-bond acceptors (Lipinski definition) is 3. The van der Waals surface area contributed by atoms with Crippen LogP contribution in [-0.4, -0.2) is 5.60 Å². The average Bonchev–Trinajstić information content (AvgIpc) is 2.27. The van der Waals surface area contributed by atoms with Gasteiger partial charge < -0.3 is 9.15 Å². The molecule has 1 heterocycles. The SMILES string of the molecule is C=CC(C)(C)Oc1ccc2c(C)cc(=O)oc2c1. The van der Waals surface area contributed by atoms with Gasteiger partial charge in [0.2, 0.25) is 0 Å². The molecule has 0 saturated carbocycles. The van der Waals surface area contributed by atoms with Crippen LogP contribution >= 0.6 is 0 Å². The van der Waals surface area contributed by atoms with Gasteiger partial charge in [0.25, 0.3) is 0 Å². The van der Waals surface area contributed by atoms with Gasteiger partial charge in [0, 0.05) is 17.5 Å². The molecule has 0 N–H and O–H groups in total. The molecule has 2 rings (SSSR count). The molecule has 0 aliphatic carbocycles. The average molecular weight is 244 g/mol. The molecule has 0 saturated heterocycles. The first-order valence-electron chi connectivity index (χ1n) is 5.78. The summed E-state index contributed by atoms with van der Waals surface area (Å²) in [5.74, 6) is 0.654. The Morgan fingerprint density at radius 3 is 2.72 bits per heavy atom. The molecule has 0 fully saturated rings. The van der Waals surface area contributed by atoms with Crippen molar-refractivity contribution in [1.82, 2.24) is 0 Å². The molecule has 0 amide bonds. The third-order valence-corrected chi connectivity index (χ3v) is 2.80. The van der Waals surface area contributed by atoms with E-state index in [0.29, 0.717) is 11.3 Å². The number of ether oxygens (including phenoxy) is 1. The molecule has 0 spiro atoms. The molecular weight excluding hydrogens is 228 g/mol. The van der Waals surface area contributed by atoms with Crippen LogP contribution < -0.4 is 10.4 Å². The van der Waals surface area contributed by atoms with Crippen molar-refractivity contribution in [2.75, 3.05) is 0 Å². The highest BCUT2D eigenvalue weighted by Gasteiger charge is 2.15. The molecule has 18 heavy (non-hydrogen) atoms. The second kappa shape index (κ2) is 4.33. The van der Waals surface area contributed by atoms with E-state index in [9.17, 15) is 4.79 Å². The monoisotopic (exact) mass is 244 g/mol. The summed E-state index contributed by atoms with van der Waals surface area (Å²) in [6.07, 6.45) is 1.73. The quantitative estimate of drug-likeness (QED) is 0.613. The van der Waals surface area contributed by atoms with Crippen LogP contribution in [0, 0.1) is 6.92 Å². The predicted octanol–water partition coefficient (Wildman–Crippen LogP) is 3.44. The second-order valence-corrected chi connectivity index (χ2v) is 4.82. The zero-order chi connectivity index (χ0) is 13.3. The fourth-order valence-corrected chi connectivity index (χ4v) is 1.71. The maximum Gasteiger partial charge on any atom is 0.336 e. The lowest BCUT2D eigenvalue weighted by Gasteiger charge is -2.22. The second-order valence-electron chi connectivity index (χ2n) is 4.82. The van der Waals surface area contributed by atoms with Crippen LogP contribution in [0.4, 0.5) is 0 Å². The van der Waals surface area contributed by atoms with Gasteiger partial charge in [-0.2, -0.15) is 0 Å². The van der Waals surface area contributed by atoms with Gasteiger partial charge in [0.05, 0.1) is 0 Å². The normalized spacial score (nSPS) is 11.5. The maximum atomic E-state index is 11.3. The minimum absolute atomic E-state index is 0.347. The Labute approximate surface area is 106 Å². The molecule has 0 aliphatic rings. The van der Waals surface area contributed by atoms with Crippen molar-refractivity contribution in [1.29, 1.82) is 0 Å². The minimum Gasteiger partial charge on any atom is -0.484 e. The third kappa shape index (κ3) is 2.45. The summed E-state index contributed by atoms with van der Waals surface area (Å²) in [6, 6.07) is 6.97. The Hall–Kier alpha value is -2.03. The summed E-state index contributed by atoms with van der Waals surface area (Å²) < 4.78 is 10.9. The molecule has 0 unspecified atom stereocenters. The van der Waals surface area contributed by atoms with Gasteiger partial charge in [-0.3, -0.25) is 0 Å². The summed E-state index contributed by atoms with van der Waals surface area (Å²) in [7, 11) is 0. The molecule has 1 aromatic carbocycles. The number of benzene rings is 1. The van der Waals surface area contributed by atoms with Crippen LogP contribution in [0.15, 0.2) is 46.1 Å². The van der Waals surface area contributed by atoms with E-state index in [1.807, 2.05) is 32.9 Å².